The lowest BCUT2D eigenvalue weighted by Gasteiger charge is -2.26. The summed E-state index contributed by atoms with van der Waals surface area (Å²) in [7, 11) is -3.75. The van der Waals surface area contributed by atoms with Gasteiger partial charge in [-0.1, -0.05) is 19.9 Å². The minimum Gasteiger partial charge on any atom is -0.462 e. The van der Waals surface area contributed by atoms with E-state index in [0.717, 1.165) is 0 Å². The first-order valence-corrected chi connectivity index (χ1v) is 9.23. The highest BCUT2D eigenvalue weighted by molar-refractivity contribution is 7.89. The molecule has 0 spiro atoms. The lowest BCUT2D eigenvalue weighted by Crippen LogP contribution is -2.49. The van der Waals surface area contributed by atoms with Crippen LogP contribution in [0.2, 0.25) is 0 Å². The van der Waals surface area contributed by atoms with Crippen molar-refractivity contribution in [3.8, 4) is 0 Å². The number of sulfonamides is 1. The molecule has 6 nitrogen and oxygen atoms in total. The lowest BCUT2D eigenvalue weighted by molar-refractivity contribution is 0.0526. The van der Waals surface area contributed by atoms with Crippen LogP contribution in [-0.4, -0.2) is 33.1 Å². The van der Waals surface area contributed by atoms with Crippen LogP contribution < -0.4 is 10.5 Å². The van der Waals surface area contributed by atoms with Crippen molar-refractivity contribution in [2.75, 3.05) is 13.2 Å². The first kappa shape index (κ1) is 22.9. The number of halogens is 1. The Kier molecular flexibility index (Phi) is 8.91. The van der Waals surface area contributed by atoms with E-state index in [1.807, 2.05) is 13.8 Å². The summed E-state index contributed by atoms with van der Waals surface area (Å²) < 4.78 is 32.6. The molecule has 0 amide bonds. The fraction of sp³-hybridized carbons (Fsp3) is 0.562. The summed E-state index contributed by atoms with van der Waals surface area (Å²) in [5, 5.41) is 0. The molecule has 8 heteroatoms. The summed E-state index contributed by atoms with van der Waals surface area (Å²) in [5.41, 5.74) is 6.32. The number of hydrogen-bond donors (Lipinski definition) is 2. The Bertz CT molecular complexity index is 658. The van der Waals surface area contributed by atoms with E-state index in [4.69, 9.17) is 10.5 Å². The standard InChI is InChI=1S/C16H26N2O4S.ClH/c1-5-16(17,6-2)11-18-23(20,21)14-10-13(9-8-12(14)4)15(19)22-7-3;/h8-10,18H,5-7,11,17H2,1-4H3;1H. The summed E-state index contributed by atoms with van der Waals surface area (Å²) >= 11 is 0. The number of ether oxygens (including phenoxy) is 1. The maximum absolute atomic E-state index is 12.5. The molecule has 138 valence electrons. The van der Waals surface area contributed by atoms with Crippen molar-refractivity contribution in [3.63, 3.8) is 0 Å². The molecule has 0 saturated carbocycles. The zero-order valence-corrected chi connectivity index (χ0v) is 16.2. The Balaban J connectivity index is 0.00000529. The number of benzene rings is 1. The van der Waals surface area contributed by atoms with Gasteiger partial charge in [0.25, 0.3) is 0 Å². The number of carbonyl (C=O) groups excluding carboxylic acids is 1. The van der Waals surface area contributed by atoms with Crippen molar-refractivity contribution in [2.24, 2.45) is 5.73 Å². The van der Waals surface area contributed by atoms with Gasteiger partial charge in [0.2, 0.25) is 10.0 Å². The highest BCUT2D eigenvalue weighted by Gasteiger charge is 2.25. The summed E-state index contributed by atoms with van der Waals surface area (Å²) in [4.78, 5) is 11.9. The maximum Gasteiger partial charge on any atom is 0.338 e. The smallest absolute Gasteiger partial charge is 0.338 e. The first-order valence-electron chi connectivity index (χ1n) is 7.75. The molecule has 1 rings (SSSR count). The van der Waals surface area contributed by atoms with E-state index < -0.39 is 21.5 Å². The summed E-state index contributed by atoms with van der Waals surface area (Å²) in [6.45, 7) is 7.59. The Morgan fingerprint density at radius 2 is 1.83 bits per heavy atom. The van der Waals surface area contributed by atoms with Crippen LogP contribution in [0.1, 0.15) is 49.5 Å². The van der Waals surface area contributed by atoms with Crippen molar-refractivity contribution < 1.29 is 17.9 Å². The Morgan fingerprint density at radius 1 is 1.25 bits per heavy atom. The number of carbonyl (C=O) groups is 1. The van der Waals surface area contributed by atoms with E-state index in [1.54, 1.807) is 26.0 Å². The van der Waals surface area contributed by atoms with E-state index in [2.05, 4.69) is 4.72 Å². The van der Waals surface area contributed by atoms with Gasteiger partial charge in [-0.3, -0.25) is 0 Å². The van der Waals surface area contributed by atoms with Gasteiger partial charge in [-0.05, 0) is 44.4 Å². The lowest BCUT2D eigenvalue weighted by atomic mass is 9.95. The highest BCUT2D eigenvalue weighted by Crippen LogP contribution is 2.19. The molecule has 0 radical (unpaired) electrons. The van der Waals surface area contributed by atoms with Gasteiger partial charge in [0.15, 0.2) is 0 Å². The van der Waals surface area contributed by atoms with Gasteiger partial charge in [-0.25, -0.2) is 17.9 Å². The number of hydrogen-bond acceptors (Lipinski definition) is 5. The number of nitrogens with one attached hydrogen (secondary N) is 1. The third-order valence-corrected chi connectivity index (χ3v) is 5.55. The van der Waals surface area contributed by atoms with Gasteiger partial charge in [0.05, 0.1) is 17.1 Å². The molecule has 0 bridgehead atoms. The topological polar surface area (TPSA) is 98.5 Å². The quantitative estimate of drug-likeness (QED) is 0.676. The Hall–Kier alpha value is -1.15. The van der Waals surface area contributed by atoms with Crippen LogP contribution in [-0.2, 0) is 14.8 Å². The number of rotatable bonds is 8. The van der Waals surface area contributed by atoms with Crippen molar-refractivity contribution in [1.29, 1.82) is 0 Å². The molecule has 3 N–H and O–H groups in total. The second-order valence-electron chi connectivity index (χ2n) is 5.59. The van der Waals surface area contributed by atoms with Crippen LogP contribution >= 0.6 is 12.4 Å². The minimum atomic E-state index is -3.75. The first-order chi connectivity index (χ1) is 10.7. The van der Waals surface area contributed by atoms with E-state index in [1.165, 1.54) is 6.07 Å². The number of aryl methyl sites for hydroxylation is 1. The molecule has 0 heterocycles. The second-order valence-corrected chi connectivity index (χ2v) is 7.33. The fourth-order valence-electron chi connectivity index (χ4n) is 2.05. The third-order valence-electron chi connectivity index (χ3n) is 4.01. The van der Waals surface area contributed by atoms with Crippen molar-refractivity contribution >= 4 is 28.4 Å². The molecular formula is C16H27ClN2O4S. The van der Waals surface area contributed by atoms with E-state index >= 15 is 0 Å². The van der Waals surface area contributed by atoms with Gasteiger partial charge in [0.1, 0.15) is 0 Å². The van der Waals surface area contributed by atoms with Crippen LogP contribution in [0.4, 0.5) is 0 Å². The zero-order chi connectivity index (χ0) is 17.7. The number of nitrogens with two attached hydrogens (primary N) is 1. The maximum atomic E-state index is 12.5. The van der Waals surface area contributed by atoms with Crippen molar-refractivity contribution in [3.05, 3.63) is 29.3 Å². The molecule has 0 aromatic heterocycles. The second kappa shape index (κ2) is 9.36. The van der Waals surface area contributed by atoms with Gasteiger partial charge in [0, 0.05) is 12.1 Å². The van der Waals surface area contributed by atoms with E-state index in [0.29, 0.717) is 18.4 Å². The molecule has 0 saturated heterocycles. The minimum absolute atomic E-state index is 0. The normalized spacial score (nSPS) is 11.7. The molecule has 0 unspecified atom stereocenters. The largest absolute Gasteiger partial charge is 0.462 e. The predicted octanol–water partition coefficient (Wildman–Crippen LogP) is 2.39. The van der Waals surface area contributed by atoms with Crippen LogP contribution in [0, 0.1) is 6.92 Å². The number of esters is 1. The van der Waals surface area contributed by atoms with Crippen LogP contribution in [0.25, 0.3) is 0 Å². The Labute approximate surface area is 150 Å². The third kappa shape index (κ3) is 5.73. The molecule has 0 aliphatic carbocycles. The molecule has 1 aromatic carbocycles. The Morgan fingerprint density at radius 3 is 2.33 bits per heavy atom. The molecule has 1 aromatic rings. The highest BCUT2D eigenvalue weighted by atomic mass is 35.5. The van der Waals surface area contributed by atoms with Crippen LogP contribution in [0.5, 0.6) is 0 Å². The monoisotopic (exact) mass is 378 g/mol. The predicted molar refractivity (Wildman–Crippen MR) is 97.1 cm³/mol. The molecule has 0 aliphatic rings. The average Bonchev–Trinajstić information content (AvgIpc) is 2.53. The molecule has 0 fully saturated rings. The molecular weight excluding hydrogens is 352 g/mol. The zero-order valence-electron chi connectivity index (χ0n) is 14.6. The van der Waals surface area contributed by atoms with Crippen LogP contribution in [0.3, 0.4) is 0 Å². The van der Waals surface area contributed by atoms with Crippen molar-refractivity contribution in [2.45, 2.75) is 51.0 Å². The van der Waals surface area contributed by atoms with Gasteiger partial charge in [-0.2, -0.15) is 0 Å². The van der Waals surface area contributed by atoms with E-state index in [9.17, 15) is 13.2 Å². The average molecular weight is 379 g/mol. The van der Waals surface area contributed by atoms with Gasteiger partial charge < -0.3 is 10.5 Å². The van der Waals surface area contributed by atoms with E-state index in [-0.39, 0.29) is 36.0 Å². The van der Waals surface area contributed by atoms with Crippen LogP contribution in [0.15, 0.2) is 23.1 Å². The molecule has 0 atom stereocenters. The fourth-order valence-corrected chi connectivity index (χ4v) is 3.45. The summed E-state index contributed by atoms with van der Waals surface area (Å²) in [6.07, 6.45) is 1.32. The van der Waals surface area contributed by atoms with Gasteiger partial charge in [-0.15, -0.1) is 12.4 Å². The van der Waals surface area contributed by atoms with Gasteiger partial charge >= 0.3 is 5.97 Å². The molecule has 24 heavy (non-hydrogen) atoms. The summed E-state index contributed by atoms with van der Waals surface area (Å²) in [6, 6.07) is 4.49. The summed E-state index contributed by atoms with van der Waals surface area (Å²) in [5.74, 6) is -0.542. The van der Waals surface area contributed by atoms with Crippen molar-refractivity contribution in [1.82, 2.24) is 4.72 Å². The SMILES string of the molecule is CCOC(=O)c1ccc(C)c(S(=O)(=O)NCC(N)(CC)CC)c1.Cl. The molecule has 0 aliphatic heterocycles.